The van der Waals surface area contributed by atoms with Crippen LogP contribution >= 0.6 is 11.3 Å². The molecule has 8 heteroatoms. The molecule has 0 aromatic carbocycles. The van der Waals surface area contributed by atoms with Crippen LogP contribution in [0.4, 0.5) is 0 Å². The number of hydrogen-bond donors (Lipinski definition) is 2. The average molecular weight is 293 g/mol. The Kier molecular flexibility index (Phi) is 5.27. The number of sulfonamides is 1. The Morgan fingerprint density at radius 3 is 2.83 bits per heavy atom. The molecule has 6 nitrogen and oxygen atoms in total. The van der Waals surface area contributed by atoms with Crippen molar-refractivity contribution in [2.45, 2.75) is 24.8 Å². The highest BCUT2D eigenvalue weighted by Gasteiger charge is 2.25. The van der Waals surface area contributed by atoms with Gasteiger partial charge in [0.05, 0.1) is 6.61 Å². The van der Waals surface area contributed by atoms with Crippen LogP contribution in [0.2, 0.25) is 0 Å². The third-order valence-electron chi connectivity index (χ3n) is 2.04. The Hall–Kier alpha value is -0.960. The molecule has 0 aliphatic heterocycles. The largest absolute Gasteiger partial charge is 0.477 e. The summed E-state index contributed by atoms with van der Waals surface area (Å²) in [5.74, 6) is -1.25. The van der Waals surface area contributed by atoms with Gasteiger partial charge in [0.1, 0.15) is 9.77 Å². The first kappa shape index (κ1) is 15.1. The van der Waals surface area contributed by atoms with Crippen LogP contribution in [0.1, 0.15) is 23.5 Å². The van der Waals surface area contributed by atoms with Crippen LogP contribution in [0.5, 0.6) is 0 Å². The SMILES string of the molecule is CCOCC(C)NS(=O)(=O)c1ccsc1C(=O)O. The van der Waals surface area contributed by atoms with E-state index in [4.69, 9.17) is 9.84 Å². The summed E-state index contributed by atoms with van der Waals surface area (Å²) in [6, 6.07) is 0.862. The second-order valence-electron chi connectivity index (χ2n) is 3.60. The fraction of sp³-hybridized carbons (Fsp3) is 0.500. The van der Waals surface area contributed by atoms with Gasteiger partial charge < -0.3 is 9.84 Å². The molecule has 2 N–H and O–H groups in total. The lowest BCUT2D eigenvalue weighted by atomic mass is 10.4. The van der Waals surface area contributed by atoms with Crippen LogP contribution in [-0.2, 0) is 14.8 Å². The quantitative estimate of drug-likeness (QED) is 0.786. The summed E-state index contributed by atoms with van der Waals surface area (Å²) in [7, 11) is -3.82. The van der Waals surface area contributed by atoms with Gasteiger partial charge in [0, 0.05) is 12.6 Å². The highest BCUT2D eigenvalue weighted by Crippen LogP contribution is 2.21. The Morgan fingerprint density at radius 1 is 1.61 bits per heavy atom. The number of ether oxygens (including phenoxy) is 1. The van der Waals surface area contributed by atoms with E-state index >= 15 is 0 Å². The lowest BCUT2D eigenvalue weighted by molar-refractivity contribution is 0.0698. The lowest BCUT2D eigenvalue weighted by Gasteiger charge is -2.13. The summed E-state index contributed by atoms with van der Waals surface area (Å²) >= 11 is 0.880. The van der Waals surface area contributed by atoms with E-state index in [1.165, 1.54) is 11.4 Å². The van der Waals surface area contributed by atoms with Crippen molar-refractivity contribution >= 4 is 27.3 Å². The van der Waals surface area contributed by atoms with Crippen molar-refractivity contribution in [3.63, 3.8) is 0 Å². The van der Waals surface area contributed by atoms with Gasteiger partial charge in [-0.05, 0) is 25.3 Å². The molecule has 0 radical (unpaired) electrons. The van der Waals surface area contributed by atoms with Gasteiger partial charge in [-0.3, -0.25) is 0 Å². The second-order valence-corrected chi connectivity index (χ2v) is 6.20. The zero-order chi connectivity index (χ0) is 13.8. The van der Waals surface area contributed by atoms with Crippen LogP contribution in [0.3, 0.4) is 0 Å². The van der Waals surface area contributed by atoms with E-state index in [0.717, 1.165) is 11.3 Å². The molecule has 0 fully saturated rings. The standard InChI is InChI=1S/C10H15NO5S2/c1-3-16-6-7(2)11-18(14,15)8-4-5-17-9(8)10(12)13/h4-5,7,11H,3,6H2,1-2H3,(H,12,13). The van der Waals surface area contributed by atoms with Gasteiger partial charge >= 0.3 is 5.97 Å². The fourth-order valence-electron chi connectivity index (χ4n) is 1.32. The van der Waals surface area contributed by atoms with Crippen molar-refractivity contribution in [1.82, 2.24) is 4.72 Å². The minimum atomic E-state index is -3.82. The van der Waals surface area contributed by atoms with E-state index in [1.54, 1.807) is 6.92 Å². The topological polar surface area (TPSA) is 92.7 Å². The number of carboxylic acid groups (broad SMARTS) is 1. The Bertz CT molecular complexity index is 508. The van der Waals surface area contributed by atoms with Gasteiger partial charge in [0.15, 0.2) is 0 Å². The Labute approximate surface area is 110 Å². The lowest BCUT2D eigenvalue weighted by Crippen LogP contribution is -2.36. The fourth-order valence-corrected chi connectivity index (χ4v) is 3.81. The summed E-state index contributed by atoms with van der Waals surface area (Å²) in [5.41, 5.74) is 0. The van der Waals surface area contributed by atoms with E-state index < -0.39 is 22.0 Å². The summed E-state index contributed by atoms with van der Waals surface area (Å²) in [6.07, 6.45) is 0. The monoisotopic (exact) mass is 293 g/mol. The van der Waals surface area contributed by atoms with Crippen molar-refractivity contribution in [2.75, 3.05) is 13.2 Å². The molecule has 1 aromatic heterocycles. The number of aromatic carboxylic acids is 1. The van der Waals surface area contributed by atoms with Crippen molar-refractivity contribution in [3.05, 3.63) is 16.3 Å². The first-order valence-electron chi connectivity index (χ1n) is 5.29. The van der Waals surface area contributed by atoms with Gasteiger partial charge in [0.2, 0.25) is 10.0 Å². The van der Waals surface area contributed by atoms with Crippen LogP contribution in [0, 0.1) is 0 Å². The highest BCUT2D eigenvalue weighted by molar-refractivity contribution is 7.89. The van der Waals surface area contributed by atoms with Crippen molar-refractivity contribution < 1.29 is 23.1 Å². The van der Waals surface area contributed by atoms with Gasteiger partial charge in [-0.15, -0.1) is 11.3 Å². The summed E-state index contributed by atoms with van der Waals surface area (Å²) in [5, 5.41) is 10.3. The highest BCUT2D eigenvalue weighted by atomic mass is 32.2. The van der Waals surface area contributed by atoms with Gasteiger partial charge in [-0.25, -0.2) is 17.9 Å². The normalized spacial score (nSPS) is 13.4. The number of nitrogens with one attached hydrogen (secondary N) is 1. The van der Waals surface area contributed by atoms with Crippen molar-refractivity contribution in [2.24, 2.45) is 0 Å². The molecule has 0 saturated heterocycles. The maximum absolute atomic E-state index is 12.0. The van der Waals surface area contributed by atoms with E-state index in [-0.39, 0.29) is 16.4 Å². The smallest absolute Gasteiger partial charge is 0.347 e. The minimum Gasteiger partial charge on any atom is -0.477 e. The van der Waals surface area contributed by atoms with Crippen molar-refractivity contribution in [3.8, 4) is 0 Å². The molecule has 102 valence electrons. The zero-order valence-electron chi connectivity index (χ0n) is 10.0. The molecule has 1 rings (SSSR count). The van der Waals surface area contributed by atoms with Crippen LogP contribution < -0.4 is 4.72 Å². The van der Waals surface area contributed by atoms with Gasteiger partial charge in [-0.1, -0.05) is 0 Å². The molecule has 0 aliphatic carbocycles. The second kappa shape index (κ2) is 6.28. The summed E-state index contributed by atoms with van der Waals surface area (Å²) < 4.78 is 31.4. The number of thiophene rings is 1. The molecule has 18 heavy (non-hydrogen) atoms. The first-order chi connectivity index (χ1) is 8.38. The third kappa shape index (κ3) is 3.77. The molecule has 1 atom stereocenters. The predicted molar refractivity (Wildman–Crippen MR) is 67.6 cm³/mol. The Balaban J connectivity index is 2.86. The molecule has 0 spiro atoms. The first-order valence-corrected chi connectivity index (χ1v) is 7.65. The van der Waals surface area contributed by atoms with E-state index in [9.17, 15) is 13.2 Å². The zero-order valence-corrected chi connectivity index (χ0v) is 11.7. The number of carboxylic acids is 1. The van der Waals surface area contributed by atoms with Crippen molar-refractivity contribution in [1.29, 1.82) is 0 Å². The van der Waals surface area contributed by atoms with E-state index in [2.05, 4.69) is 4.72 Å². The van der Waals surface area contributed by atoms with E-state index in [1.807, 2.05) is 6.92 Å². The number of hydrogen-bond acceptors (Lipinski definition) is 5. The minimum absolute atomic E-state index is 0.189. The molecular weight excluding hydrogens is 278 g/mol. The maximum Gasteiger partial charge on any atom is 0.347 e. The Morgan fingerprint density at radius 2 is 2.28 bits per heavy atom. The summed E-state index contributed by atoms with van der Waals surface area (Å²) in [4.78, 5) is 10.5. The van der Waals surface area contributed by atoms with Gasteiger partial charge in [-0.2, -0.15) is 0 Å². The molecule has 0 bridgehead atoms. The predicted octanol–water partition coefficient (Wildman–Crippen LogP) is 1.15. The van der Waals surface area contributed by atoms with E-state index in [0.29, 0.717) is 6.61 Å². The van der Waals surface area contributed by atoms with Crippen LogP contribution in [0.25, 0.3) is 0 Å². The van der Waals surface area contributed by atoms with Crippen LogP contribution in [0.15, 0.2) is 16.3 Å². The molecule has 0 amide bonds. The average Bonchev–Trinajstić information content (AvgIpc) is 2.75. The molecule has 0 saturated carbocycles. The molecule has 1 unspecified atom stereocenters. The molecule has 1 heterocycles. The van der Waals surface area contributed by atoms with Crippen LogP contribution in [-0.4, -0.2) is 38.7 Å². The molecular formula is C10H15NO5S2. The maximum atomic E-state index is 12.0. The number of carbonyl (C=O) groups is 1. The van der Waals surface area contributed by atoms with Gasteiger partial charge in [0.25, 0.3) is 0 Å². The number of rotatable bonds is 7. The summed E-state index contributed by atoms with van der Waals surface area (Å²) in [6.45, 7) is 4.19. The molecule has 1 aromatic rings. The molecule has 0 aliphatic rings. The third-order valence-corrected chi connectivity index (χ3v) is 4.70.